The molecule has 0 atom stereocenters. The zero-order chi connectivity index (χ0) is 20.9. The summed E-state index contributed by atoms with van der Waals surface area (Å²) in [6.07, 6.45) is -3.47. The number of halogens is 4. The number of benzene rings is 1. The Balaban J connectivity index is 1.92. The lowest BCUT2D eigenvalue weighted by molar-refractivity contribution is -0.154. The second-order valence-electron chi connectivity index (χ2n) is 7.66. The predicted octanol–water partition coefficient (Wildman–Crippen LogP) is 3.83. The van der Waals surface area contributed by atoms with Gasteiger partial charge in [-0.3, -0.25) is 9.59 Å². The van der Waals surface area contributed by atoms with E-state index < -0.39 is 34.8 Å². The van der Waals surface area contributed by atoms with Gasteiger partial charge in [-0.1, -0.05) is 15.9 Å². The van der Waals surface area contributed by atoms with Crippen molar-refractivity contribution in [1.82, 2.24) is 0 Å². The topological polar surface area (TPSA) is 87.7 Å². The highest BCUT2D eigenvalue weighted by Gasteiger charge is 2.54. The van der Waals surface area contributed by atoms with E-state index in [-0.39, 0.29) is 34.7 Å². The van der Waals surface area contributed by atoms with Crippen molar-refractivity contribution < 1.29 is 32.6 Å². The highest BCUT2D eigenvalue weighted by Crippen LogP contribution is 2.45. The van der Waals surface area contributed by atoms with Crippen LogP contribution in [0.1, 0.15) is 45.1 Å². The molecule has 2 aliphatic rings. The Bertz CT molecular complexity index is 814. The molecule has 0 saturated heterocycles. The molecule has 1 aromatic rings. The molecule has 0 spiro atoms. The largest absolute Gasteiger partial charge is 0.449 e. The van der Waals surface area contributed by atoms with E-state index in [0.717, 1.165) is 6.07 Å². The van der Waals surface area contributed by atoms with Crippen molar-refractivity contribution in [2.24, 2.45) is 0 Å². The quantitative estimate of drug-likeness (QED) is 0.576. The normalized spacial score (nSPS) is 25.5. The van der Waals surface area contributed by atoms with Crippen LogP contribution in [0, 0.1) is 0 Å². The van der Waals surface area contributed by atoms with E-state index in [4.69, 9.17) is 4.74 Å². The third-order valence-corrected chi connectivity index (χ3v) is 5.29. The molecule has 3 N–H and O–H groups in total. The average Bonchev–Trinajstić information content (AvgIpc) is 3.26. The van der Waals surface area contributed by atoms with Gasteiger partial charge in [-0.15, -0.1) is 0 Å². The van der Waals surface area contributed by atoms with Crippen LogP contribution in [-0.2, 0) is 20.5 Å². The zero-order valence-corrected chi connectivity index (χ0v) is 16.8. The van der Waals surface area contributed by atoms with Gasteiger partial charge in [-0.25, -0.2) is 0 Å². The number of esters is 1. The van der Waals surface area contributed by atoms with E-state index in [9.17, 15) is 27.9 Å². The molecular formula is C18H20BrF3N2O4. The summed E-state index contributed by atoms with van der Waals surface area (Å²) in [4.78, 5) is 23.8. The molecule has 0 unspecified atom stereocenters. The SMILES string of the molecule is CC(=O)OC1(C(=O)Nc2cc(Br)cc(C(F)(F)F)c2NC2CC(C)(O)C2)CC1. The molecule has 6 nitrogen and oxygen atoms in total. The molecule has 1 amide bonds. The first-order valence-corrected chi connectivity index (χ1v) is 9.51. The zero-order valence-electron chi connectivity index (χ0n) is 15.2. The van der Waals surface area contributed by atoms with E-state index in [1.54, 1.807) is 6.92 Å². The van der Waals surface area contributed by atoms with Crippen LogP contribution in [0.5, 0.6) is 0 Å². The lowest BCUT2D eigenvalue weighted by atomic mass is 9.77. The van der Waals surface area contributed by atoms with E-state index in [0.29, 0.717) is 12.8 Å². The number of hydrogen-bond donors (Lipinski definition) is 3. The number of hydrogen-bond acceptors (Lipinski definition) is 5. The maximum Gasteiger partial charge on any atom is 0.418 e. The lowest BCUT2D eigenvalue weighted by Gasteiger charge is -2.42. The Kier molecular flexibility index (Phi) is 5.16. The molecular weight excluding hydrogens is 445 g/mol. The fourth-order valence-electron chi connectivity index (χ4n) is 3.39. The van der Waals surface area contributed by atoms with Crippen molar-refractivity contribution in [3.8, 4) is 0 Å². The Morgan fingerprint density at radius 1 is 1.29 bits per heavy atom. The summed E-state index contributed by atoms with van der Waals surface area (Å²) in [6.45, 7) is 2.78. The lowest BCUT2D eigenvalue weighted by Crippen LogP contribution is -2.48. The van der Waals surface area contributed by atoms with E-state index >= 15 is 0 Å². The fourth-order valence-corrected chi connectivity index (χ4v) is 3.85. The van der Waals surface area contributed by atoms with Gasteiger partial charge in [0.15, 0.2) is 5.60 Å². The summed E-state index contributed by atoms with van der Waals surface area (Å²) in [5.74, 6) is -1.30. The van der Waals surface area contributed by atoms with Gasteiger partial charge in [0.25, 0.3) is 5.91 Å². The molecule has 2 fully saturated rings. The van der Waals surface area contributed by atoms with Crippen LogP contribution in [-0.4, -0.2) is 34.2 Å². The summed E-state index contributed by atoms with van der Waals surface area (Å²) in [7, 11) is 0. The number of amides is 1. The Morgan fingerprint density at radius 3 is 2.36 bits per heavy atom. The molecule has 154 valence electrons. The van der Waals surface area contributed by atoms with Crippen LogP contribution in [0.2, 0.25) is 0 Å². The van der Waals surface area contributed by atoms with E-state index in [1.807, 2.05) is 0 Å². The minimum Gasteiger partial charge on any atom is -0.449 e. The maximum absolute atomic E-state index is 13.6. The van der Waals surface area contributed by atoms with E-state index in [1.165, 1.54) is 13.0 Å². The summed E-state index contributed by atoms with van der Waals surface area (Å²) in [5.41, 5.74) is -3.55. The number of anilines is 2. The highest BCUT2D eigenvalue weighted by atomic mass is 79.9. The van der Waals surface area contributed by atoms with Gasteiger partial charge in [0.05, 0.1) is 22.5 Å². The van der Waals surface area contributed by atoms with Crippen molar-refractivity contribution in [2.75, 3.05) is 10.6 Å². The summed E-state index contributed by atoms with van der Waals surface area (Å²) in [6, 6.07) is 1.92. The number of ether oxygens (including phenoxy) is 1. The van der Waals surface area contributed by atoms with Crippen LogP contribution in [0.25, 0.3) is 0 Å². The molecule has 0 radical (unpaired) electrons. The van der Waals surface area contributed by atoms with Crippen LogP contribution < -0.4 is 10.6 Å². The van der Waals surface area contributed by atoms with Crippen LogP contribution in [0.3, 0.4) is 0 Å². The third-order valence-electron chi connectivity index (χ3n) is 4.83. The monoisotopic (exact) mass is 464 g/mol. The Morgan fingerprint density at radius 2 is 1.89 bits per heavy atom. The third kappa shape index (κ3) is 4.43. The predicted molar refractivity (Wildman–Crippen MR) is 98.8 cm³/mol. The van der Waals surface area contributed by atoms with Crippen LogP contribution in [0.4, 0.5) is 24.5 Å². The Labute approximate surface area is 167 Å². The molecule has 0 heterocycles. The smallest absolute Gasteiger partial charge is 0.418 e. The fraction of sp³-hybridized carbons (Fsp3) is 0.556. The first kappa shape index (κ1) is 20.9. The van der Waals surface area contributed by atoms with Gasteiger partial charge in [-0.2, -0.15) is 13.2 Å². The van der Waals surface area contributed by atoms with Gasteiger partial charge in [0, 0.05) is 30.3 Å². The van der Waals surface area contributed by atoms with Crippen molar-refractivity contribution in [3.05, 3.63) is 22.2 Å². The summed E-state index contributed by atoms with van der Waals surface area (Å²) >= 11 is 3.05. The summed E-state index contributed by atoms with van der Waals surface area (Å²) in [5, 5.41) is 15.1. The molecule has 1 aromatic carbocycles. The van der Waals surface area contributed by atoms with Crippen molar-refractivity contribution in [1.29, 1.82) is 0 Å². The number of carbonyl (C=O) groups is 2. The molecule has 0 aliphatic heterocycles. The number of rotatable bonds is 5. The molecule has 10 heteroatoms. The first-order chi connectivity index (χ1) is 12.8. The molecule has 0 aromatic heterocycles. The van der Waals surface area contributed by atoms with Crippen LogP contribution in [0.15, 0.2) is 16.6 Å². The summed E-state index contributed by atoms with van der Waals surface area (Å²) < 4.78 is 46.0. The molecule has 2 saturated carbocycles. The van der Waals surface area contributed by atoms with Gasteiger partial charge in [0.2, 0.25) is 0 Å². The highest BCUT2D eigenvalue weighted by molar-refractivity contribution is 9.10. The Hall–Kier alpha value is -1.81. The number of alkyl halides is 3. The van der Waals surface area contributed by atoms with Gasteiger partial charge < -0.3 is 20.5 Å². The van der Waals surface area contributed by atoms with E-state index in [2.05, 4.69) is 26.6 Å². The van der Waals surface area contributed by atoms with Gasteiger partial charge in [-0.05, 0) is 31.9 Å². The van der Waals surface area contributed by atoms with Crippen molar-refractivity contribution >= 4 is 39.2 Å². The minimum atomic E-state index is -4.66. The molecule has 28 heavy (non-hydrogen) atoms. The number of aliphatic hydroxyl groups is 1. The van der Waals surface area contributed by atoms with Gasteiger partial charge >= 0.3 is 12.1 Å². The van der Waals surface area contributed by atoms with Gasteiger partial charge in [0.1, 0.15) is 0 Å². The first-order valence-electron chi connectivity index (χ1n) is 8.72. The number of carbonyl (C=O) groups excluding carboxylic acids is 2. The second-order valence-corrected chi connectivity index (χ2v) is 8.58. The maximum atomic E-state index is 13.6. The standard InChI is InChI=1S/C18H20BrF3N2O4/c1-9(25)28-17(3-4-17)15(26)24-13-6-10(19)5-12(18(20,21)22)14(13)23-11-7-16(2,27)8-11/h5-6,11,23,27H,3-4,7-8H2,1-2H3,(H,24,26). The molecule has 2 aliphatic carbocycles. The average molecular weight is 465 g/mol. The van der Waals surface area contributed by atoms with Crippen molar-refractivity contribution in [2.45, 2.75) is 63.0 Å². The molecule has 3 rings (SSSR count). The molecule has 0 bridgehead atoms. The number of nitrogens with one attached hydrogen (secondary N) is 2. The van der Waals surface area contributed by atoms with Crippen LogP contribution >= 0.6 is 15.9 Å². The second kappa shape index (κ2) is 6.91. The van der Waals surface area contributed by atoms with Crippen molar-refractivity contribution in [3.63, 3.8) is 0 Å². The minimum absolute atomic E-state index is 0.0725.